The number of nitrogens with zero attached hydrogens (tertiary/aromatic N) is 1. The topological polar surface area (TPSA) is 46.6 Å². The minimum Gasteiger partial charge on any atom is -0.360 e. The van der Waals surface area contributed by atoms with E-state index in [0.717, 1.165) is 22.0 Å². The second-order valence-corrected chi connectivity index (χ2v) is 7.72. The fraction of sp³-hybridized carbons (Fsp3) is 0.250. The van der Waals surface area contributed by atoms with E-state index >= 15 is 0 Å². The number of alkyl halides is 3. The first kappa shape index (κ1) is 19.7. The van der Waals surface area contributed by atoms with Gasteiger partial charge in [0.05, 0.1) is 12.2 Å². The molecule has 0 unspecified atom stereocenters. The minimum absolute atomic E-state index is 0.177. The third kappa shape index (κ3) is 6.32. The molecule has 4 nitrogen and oxygen atoms in total. The molecule has 2 aromatic carbocycles. The van der Waals surface area contributed by atoms with Crippen molar-refractivity contribution < 1.29 is 26.3 Å². The summed E-state index contributed by atoms with van der Waals surface area (Å²) in [5, 5.41) is 0. The van der Waals surface area contributed by atoms with E-state index in [2.05, 4.69) is 0 Å². The predicted molar refractivity (Wildman–Crippen MR) is 87.9 cm³/mol. The summed E-state index contributed by atoms with van der Waals surface area (Å²) in [6, 6.07) is 13.3. The second-order valence-electron chi connectivity index (χ2n) is 5.21. The third-order valence-corrected chi connectivity index (χ3v) is 4.73. The largest absolute Gasteiger partial charge is 0.416 e. The maximum Gasteiger partial charge on any atom is 0.416 e. The summed E-state index contributed by atoms with van der Waals surface area (Å²) in [6.45, 7) is -0.336. The van der Waals surface area contributed by atoms with Crippen molar-refractivity contribution in [3.8, 4) is 0 Å². The Morgan fingerprint density at radius 1 is 0.960 bits per heavy atom. The van der Waals surface area contributed by atoms with Crippen molar-refractivity contribution in [2.75, 3.05) is 6.73 Å². The molecule has 0 saturated carbocycles. The average molecular weight is 394 g/mol. The van der Waals surface area contributed by atoms with Crippen molar-refractivity contribution in [2.45, 2.75) is 19.3 Å². The molecule has 0 aliphatic rings. The van der Waals surface area contributed by atoms with Gasteiger partial charge in [-0.1, -0.05) is 42.5 Å². The lowest BCUT2D eigenvalue weighted by Gasteiger charge is -2.19. The first-order valence-electron chi connectivity index (χ1n) is 7.14. The monoisotopic (exact) mass is 393 g/mol. The SMILES string of the molecule is O=S(=O)(Cl)N(COCc1ccccc1)Cc1ccc(C(F)(F)F)cc1. The molecule has 0 saturated heterocycles. The number of ether oxygens (including phenoxy) is 1. The molecule has 0 aliphatic carbocycles. The van der Waals surface area contributed by atoms with Gasteiger partial charge in [-0.25, -0.2) is 0 Å². The van der Waals surface area contributed by atoms with E-state index < -0.39 is 21.0 Å². The average Bonchev–Trinajstić information content (AvgIpc) is 2.53. The van der Waals surface area contributed by atoms with Crippen LogP contribution < -0.4 is 0 Å². The Balaban J connectivity index is 2.01. The van der Waals surface area contributed by atoms with Crippen LogP contribution in [0.3, 0.4) is 0 Å². The van der Waals surface area contributed by atoms with Crippen molar-refractivity contribution in [3.63, 3.8) is 0 Å². The molecule has 0 bridgehead atoms. The van der Waals surface area contributed by atoms with Crippen molar-refractivity contribution in [1.82, 2.24) is 4.31 Å². The van der Waals surface area contributed by atoms with Crippen LogP contribution in [0.25, 0.3) is 0 Å². The molecular weight excluding hydrogens is 379 g/mol. The van der Waals surface area contributed by atoms with E-state index in [1.807, 2.05) is 30.3 Å². The van der Waals surface area contributed by atoms with Crippen molar-refractivity contribution in [1.29, 1.82) is 0 Å². The van der Waals surface area contributed by atoms with Crippen LogP contribution in [0, 0.1) is 0 Å². The molecular formula is C16H15ClF3NO3S. The molecule has 9 heteroatoms. The Morgan fingerprint density at radius 3 is 2.08 bits per heavy atom. The summed E-state index contributed by atoms with van der Waals surface area (Å²) >= 11 is 0. The molecule has 0 spiro atoms. The fourth-order valence-corrected chi connectivity index (χ4v) is 2.80. The molecule has 25 heavy (non-hydrogen) atoms. The molecule has 0 aliphatic heterocycles. The van der Waals surface area contributed by atoms with Crippen LogP contribution in [0.2, 0.25) is 0 Å². The van der Waals surface area contributed by atoms with Crippen LogP contribution in [-0.2, 0) is 33.3 Å². The summed E-state index contributed by atoms with van der Waals surface area (Å²) in [6.07, 6.45) is -4.45. The molecule has 0 atom stereocenters. The summed E-state index contributed by atoms with van der Waals surface area (Å²) in [4.78, 5) is 0. The second kappa shape index (κ2) is 8.18. The molecule has 0 fully saturated rings. The maximum atomic E-state index is 12.6. The Labute approximate surface area is 148 Å². The highest BCUT2D eigenvalue weighted by atomic mass is 35.7. The van der Waals surface area contributed by atoms with Gasteiger partial charge in [0.15, 0.2) is 0 Å². The summed E-state index contributed by atoms with van der Waals surface area (Å²) in [7, 11) is 1.28. The quantitative estimate of drug-likeness (QED) is 0.524. The molecule has 0 heterocycles. The Morgan fingerprint density at radius 2 is 1.56 bits per heavy atom. The standard InChI is InChI=1S/C16H15ClF3NO3S/c17-25(22,23)21(12-24-11-14-4-2-1-3-5-14)10-13-6-8-15(9-7-13)16(18,19)20/h1-9H,10-12H2. The summed E-state index contributed by atoms with van der Waals surface area (Å²) in [5.74, 6) is 0. The molecule has 0 aromatic heterocycles. The highest BCUT2D eigenvalue weighted by Gasteiger charge is 2.30. The lowest BCUT2D eigenvalue weighted by Crippen LogP contribution is -2.29. The number of rotatable bonds is 7. The maximum absolute atomic E-state index is 12.6. The van der Waals surface area contributed by atoms with Crippen LogP contribution in [0.1, 0.15) is 16.7 Å². The van der Waals surface area contributed by atoms with Crippen LogP contribution >= 0.6 is 10.7 Å². The van der Waals surface area contributed by atoms with Gasteiger partial charge in [-0.15, -0.1) is 0 Å². The van der Waals surface area contributed by atoms with Gasteiger partial charge >= 0.3 is 15.4 Å². The molecule has 0 amide bonds. The first-order chi connectivity index (χ1) is 11.7. The van der Waals surface area contributed by atoms with Crippen LogP contribution in [0.5, 0.6) is 0 Å². The zero-order valence-corrected chi connectivity index (χ0v) is 14.5. The van der Waals surface area contributed by atoms with E-state index in [9.17, 15) is 21.6 Å². The van der Waals surface area contributed by atoms with E-state index in [1.54, 1.807) is 0 Å². The first-order valence-corrected chi connectivity index (χ1v) is 9.40. The summed E-state index contributed by atoms with van der Waals surface area (Å²) < 4.78 is 67.1. The fourth-order valence-electron chi connectivity index (χ4n) is 2.03. The van der Waals surface area contributed by atoms with Gasteiger partial charge in [0, 0.05) is 17.2 Å². The Bertz CT molecular complexity index is 781. The normalized spacial score (nSPS) is 12.5. The van der Waals surface area contributed by atoms with E-state index in [1.165, 1.54) is 12.1 Å². The van der Waals surface area contributed by atoms with Crippen molar-refractivity contribution in [3.05, 3.63) is 71.3 Å². The third-order valence-electron chi connectivity index (χ3n) is 3.30. The van der Waals surface area contributed by atoms with Gasteiger partial charge < -0.3 is 4.74 Å². The van der Waals surface area contributed by atoms with Gasteiger partial charge in [0.2, 0.25) is 0 Å². The zero-order valence-electron chi connectivity index (χ0n) is 12.9. The molecule has 2 rings (SSSR count). The van der Waals surface area contributed by atoms with Gasteiger partial charge in [-0.2, -0.15) is 25.9 Å². The minimum atomic E-state index is -4.45. The van der Waals surface area contributed by atoms with Gasteiger partial charge in [0.1, 0.15) is 6.73 Å². The number of hydrogen-bond donors (Lipinski definition) is 0. The smallest absolute Gasteiger partial charge is 0.360 e. The van der Waals surface area contributed by atoms with Crippen LogP contribution in [0.4, 0.5) is 13.2 Å². The summed E-state index contributed by atoms with van der Waals surface area (Å²) in [5.41, 5.74) is 0.404. The number of halogens is 4. The number of hydrogen-bond acceptors (Lipinski definition) is 3. The van der Waals surface area contributed by atoms with E-state index in [0.29, 0.717) is 5.56 Å². The van der Waals surface area contributed by atoms with E-state index in [4.69, 9.17) is 15.4 Å². The molecule has 2 aromatic rings. The highest BCUT2D eigenvalue weighted by molar-refractivity contribution is 8.11. The van der Waals surface area contributed by atoms with Gasteiger partial charge in [0.25, 0.3) is 0 Å². The lowest BCUT2D eigenvalue weighted by atomic mass is 10.1. The Hall–Kier alpha value is -1.61. The van der Waals surface area contributed by atoms with Crippen LogP contribution in [-0.4, -0.2) is 19.5 Å². The number of benzene rings is 2. The molecule has 0 radical (unpaired) electrons. The van der Waals surface area contributed by atoms with Crippen LogP contribution in [0.15, 0.2) is 54.6 Å². The molecule has 0 N–H and O–H groups in total. The predicted octanol–water partition coefficient (Wildman–Crippen LogP) is 4.17. The molecule has 136 valence electrons. The van der Waals surface area contributed by atoms with Crippen molar-refractivity contribution in [2.24, 2.45) is 0 Å². The highest BCUT2D eigenvalue weighted by Crippen LogP contribution is 2.29. The zero-order chi connectivity index (χ0) is 18.5. The lowest BCUT2D eigenvalue weighted by molar-refractivity contribution is -0.137. The van der Waals surface area contributed by atoms with E-state index in [-0.39, 0.29) is 19.9 Å². The Kier molecular flexibility index (Phi) is 6.45. The van der Waals surface area contributed by atoms with Crippen molar-refractivity contribution >= 4 is 19.9 Å². The van der Waals surface area contributed by atoms with Gasteiger partial charge in [-0.05, 0) is 23.3 Å². The van der Waals surface area contributed by atoms with Gasteiger partial charge in [-0.3, -0.25) is 0 Å².